The van der Waals surface area contributed by atoms with Gasteiger partial charge in [0.1, 0.15) is 41.3 Å². The monoisotopic (exact) mass is 378 g/mol. The molecule has 1 aliphatic rings. The average Bonchev–Trinajstić information content (AvgIpc) is 3.32. The summed E-state index contributed by atoms with van der Waals surface area (Å²) in [7, 11) is 1.61. The highest BCUT2D eigenvalue weighted by atomic mass is 16.5. The van der Waals surface area contributed by atoms with E-state index in [1.165, 1.54) is 0 Å². The Morgan fingerprint density at radius 3 is 2.68 bits per heavy atom. The minimum Gasteiger partial charge on any atom is -0.497 e. The van der Waals surface area contributed by atoms with Crippen LogP contribution in [0.5, 0.6) is 17.4 Å². The molecular formula is C20H18N4O4. The number of rotatable bonds is 5. The van der Waals surface area contributed by atoms with E-state index >= 15 is 0 Å². The first-order chi connectivity index (χ1) is 13.6. The fraction of sp³-hybridized carbons (Fsp3) is 0.200. The van der Waals surface area contributed by atoms with Crippen molar-refractivity contribution in [2.75, 3.05) is 7.11 Å². The highest BCUT2D eigenvalue weighted by molar-refractivity contribution is 5.53. The number of allylic oxidation sites excluding steroid dienone is 1. The Labute approximate surface area is 161 Å². The van der Waals surface area contributed by atoms with E-state index in [1.807, 2.05) is 43.3 Å². The summed E-state index contributed by atoms with van der Waals surface area (Å²) in [5.41, 5.74) is 7.72. The van der Waals surface area contributed by atoms with Crippen molar-refractivity contribution in [3.8, 4) is 23.4 Å². The lowest BCUT2D eigenvalue weighted by Gasteiger charge is -2.21. The van der Waals surface area contributed by atoms with Gasteiger partial charge < -0.3 is 24.4 Å². The Morgan fingerprint density at radius 1 is 1.21 bits per heavy atom. The molecule has 3 N–H and O–H groups in total. The van der Waals surface area contributed by atoms with Crippen molar-refractivity contribution in [3.63, 3.8) is 0 Å². The molecular weight excluding hydrogens is 360 g/mol. The summed E-state index contributed by atoms with van der Waals surface area (Å²) in [5.74, 6) is 2.54. The molecule has 0 radical (unpaired) electrons. The van der Waals surface area contributed by atoms with Gasteiger partial charge in [-0.05, 0) is 43.3 Å². The van der Waals surface area contributed by atoms with Gasteiger partial charge in [0.15, 0.2) is 0 Å². The predicted molar refractivity (Wildman–Crippen MR) is 98.7 cm³/mol. The summed E-state index contributed by atoms with van der Waals surface area (Å²) >= 11 is 0. The Bertz CT molecular complexity index is 1070. The van der Waals surface area contributed by atoms with Gasteiger partial charge in [0.2, 0.25) is 11.8 Å². The van der Waals surface area contributed by atoms with Gasteiger partial charge in [-0.2, -0.15) is 5.26 Å². The molecule has 1 aliphatic heterocycles. The lowest BCUT2D eigenvalue weighted by Crippen LogP contribution is -2.20. The van der Waals surface area contributed by atoms with Crippen LogP contribution >= 0.6 is 0 Å². The number of nitriles is 1. The number of aryl methyl sites for hydroxylation is 1. The number of nitrogens with two attached hydrogens (primary N) is 1. The summed E-state index contributed by atoms with van der Waals surface area (Å²) in [5, 5.41) is 16.5. The van der Waals surface area contributed by atoms with E-state index < -0.39 is 5.92 Å². The summed E-state index contributed by atoms with van der Waals surface area (Å²) < 4.78 is 22.3. The van der Waals surface area contributed by atoms with E-state index in [4.69, 9.17) is 24.4 Å². The maximum absolute atomic E-state index is 9.57. The topological polar surface area (TPSA) is 119 Å². The molecule has 2 aromatic heterocycles. The van der Waals surface area contributed by atoms with Crippen LogP contribution in [-0.2, 0) is 6.61 Å². The second kappa shape index (κ2) is 7.04. The first-order valence-corrected chi connectivity index (χ1v) is 8.58. The number of hydrogen-bond donors (Lipinski definition) is 2. The molecule has 0 saturated carbocycles. The number of nitrogens with one attached hydrogen (secondary N) is 1. The zero-order valence-corrected chi connectivity index (χ0v) is 15.4. The van der Waals surface area contributed by atoms with Gasteiger partial charge in [-0.25, -0.2) is 0 Å². The van der Waals surface area contributed by atoms with Gasteiger partial charge in [-0.1, -0.05) is 0 Å². The van der Waals surface area contributed by atoms with Crippen molar-refractivity contribution < 1.29 is 18.6 Å². The number of ether oxygens (including phenoxy) is 3. The van der Waals surface area contributed by atoms with Gasteiger partial charge in [-0.3, -0.25) is 5.10 Å². The molecule has 0 unspecified atom stereocenters. The van der Waals surface area contributed by atoms with Crippen molar-refractivity contribution in [2.24, 2.45) is 5.73 Å². The van der Waals surface area contributed by atoms with E-state index in [0.717, 1.165) is 17.0 Å². The SMILES string of the molecule is COc1ccc(OCc2ccc([C@H]3C(C#N)=C(N)Oc4n[nH]c(C)c43)o2)cc1. The third kappa shape index (κ3) is 3.03. The summed E-state index contributed by atoms with van der Waals surface area (Å²) in [6.07, 6.45) is 0. The normalized spacial score (nSPS) is 15.5. The molecule has 3 aromatic rings. The molecule has 0 amide bonds. The van der Waals surface area contributed by atoms with E-state index in [2.05, 4.69) is 16.3 Å². The molecule has 0 spiro atoms. The number of methoxy groups -OCH3 is 1. The van der Waals surface area contributed by atoms with Crippen LogP contribution in [0.4, 0.5) is 0 Å². The fourth-order valence-corrected chi connectivity index (χ4v) is 3.14. The molecule has 0 fully saturated rings. The van der Waals surface area contributed by atoms with Gasteiger partial charge >= 0.3 is 0 Å². The number of aromatic amines is 1. The molecule has 1 atom stereocenters. The molecule has 0 saturated heterocycles. The number of hydrogen-bond acceptors (Lipinski definition) is 7. The number of furan rings is 1. The van der Waals surface area contributed by atoms with Crippen LogP contribution in [0, 0.1) is 18.3 Å². The number of H-pyrrole nitrogens is 1. The number of fused-ring (bicyclic) bond motifs is 1. The van der Waals surface area contributed by atoms with Crippen molar-refractivity contribution in [3.05, 3.63) is 70.6 Å². The third-order valence-electron chi connectivity index (χ3n) is 4.54. The minimum atomic E-state index is -0.484. The van der Waals surface area contributed by atoms with Gasteiger partial charge in [-0.15, -0.1) is 5.10 Å². The van der Waals surface area contributed by atoms with E-state index in [0.29, 0.717) is 23.1 Å². The van der Waals surface area contributed by atoms with Crippen molar-refractivity contribution in [2.45, 2.75) is 19.4 Å². The van der Waals surface area contributed by atoms with Crippen LogP contribution < -0.4 is 19.9 Å². The Balaban J connectivity index is 1.58. The van der Waals surface area contributed by atoms with Crippen LogP contribution in [0.1, 0.15) is 28.7 Å². The molecule has 142 valence electrons. The second-order valence-electron chi connectivity index (χ2n) is 6.26. The highest BCUT2D eigenvalue weighted by Gasteiger charge is 2.36. The van der Waals surface area contributed by atoms with E-state index in [-0.39, 0.29) is 18.1 Å². The highest BCUT2D eigenvalue weighted by Crippen LogP contribution is 2.43. The first kappa shape index (κ1) is 17.5. The largest absolute Gasteiger partial charge is 0.497 e. The van der Waals surface area contributed by atoms with E-state index in [1.54, 1.807) is 7.11 Å². The predicted octanol–water partition coefficient (Wildman–Crippen LogP) is 3.12. The van der Waals surface area contributed by atoms with Gasteiger partial charge in [0.05, 0.1) is 18.6 Å². The minimum absolute atomic E-state index is 0.0268. The summed E-state index contributed by atoms with van der Waals surface area (Å²) in [6, 6.07) is 13.0. The Kier molecular flexibility index (Phi) is 4.41. The molecule has 0 bridgehead atoms. The standard InChI is InChI=1S/C20H18N4O4/c1-11-17-18(15(9-21)19(22)28-20(17)24-23-11)16-8-7-14(27-16)10-26-13-5-3-12(25-2)4-6-13/h3-8,18H,10,22H2,1-2H3,(H,23,24)/t18-/m1/s1. The number of benzene rings is 1. The third-order valence-corrected chi connectivity index (χ3v) is 4.54. The van der Waals surface area contributed by atoms with Crippen molar-refractivity contribution in [1.82, 2.24) is 10.2 Å². The molecule has 28 heavy (non-hydrogen) atoms. The fourth-order valence-electron chi connectivity index (χ4n) is 3.14. The summed E-state index contributed by atoms with van der Waals surface area (Å²) in [4.78, 5) is 0. The molecule has 3 heterocycles. The molecule has 8 heteroatoms. The maximum atomic E-state index is 9.57. The van der Waals surface area contributed by atoms with Gasteiger partial charge in [0.25, 0.3) is 0 Å². The average molecular weight is 378 g/mol. The number of aromatic nitrogens is 2. The lowest BCUT2D eigenvalue weighted by atomic mass is 9.88. The maximum Gasteiger partial charge on any atom is 0.244 e. The smallest absolute Gasteiger partial charge is 0.244 e. The number of nitrogens with zero attached hydrogens (tertiary/aromatic N) is 2. The van der Waals surface area contributed by atoms with Crippen LogP contribution in [0.25, 0.3) is 0 Å². The zero-order chi connectivity index (χ0) is 19.7. The van der Waals surface area contributed by atoms with Gasteiger partial charge in [0, 0.05) is 5.69 Å². The Hall–Kier alpha value is -3.86. The molecule has 4 rings (SSSR count). The van der Waals surface area contributed by atoms with E-state index in [9.17, 15) is 5.26 Å². The molecule has 0 aliphatic carbocycles. The van der Waals surface area contributed by atoms with Crippen LogP contribution in [0.15, 0.2) is 52.3 Å². The molecule has 1 aromatic carbocycles. The Morgan fingerprint density at radius 2 is 1.96 bits per heavy atom. The summed E-state index contributed by atoms with van der Waals surface area (Å²) in [6.45, 7) is 2.10. The lowest BCUT2D eigenvalue weighted by molar-refractivity contribution is 0.264. The van der Waals surface area contributed by atoms with Crippen LogP contribution in [0.3, 0.4) is 0 Å². The second-order valence-corrected chi connectivity index (χ2v) is 6.26. The first-order valence-electron chi connectivity index (χ1n) is 8.58. The van der Waals surface area contributed by atoms with Crippen molar-refractivity contribution >= 4 is 0 Å². The van der Waals surface area contributed by atoms with Crippen LogP contribution in [0.2, 0.25) is 0 Å². The zero-order valence-electron chi connectivity index (χ0n) is 15.4. The molecule has 8 nitrogen and oxygen atoms in total. The van der Waals surface area contributed by atoms with Crippen LogP contribution in [-0.4, -0.2) is 17.3 Å². The van der Waals surface area contributed by atoms with Crippen molar-refractivity contribution in [1.29, 1.82) is 5.26 Å². The quantitative estimate of drug-likeness (QED) is 0.700.